The number of thiazole rings is 2. The number of hydrogen-bond acceptors (Lipinski definition) is 8. The van der Waals surface area contributed by atoms with Crippen LogP contribution in [0.25, 0.3) is 41.6 Å². The topological polar surface area (TPSA) is 63.0 Å². The van der Waals surface area contributed by atoms with Crippen molar-refractivity contribution in [2.45, 2.75) is 25.4 Å². The number of hydrogen-bond donors (Lipinski definition) is 0. The lowest BCUT2D eigenvalue weighted by molar-refractivity contribution is -0.466. The average molecular weight is 803 g/mol. The monoisotopic (exact) mass is 801 g/mol. The Balaban J connectivity index is 0.00000541. The van der Waals surface area contributed by atoms with E-state index < -0.39 is 0 Å². The molecule has 276 valence electrons. The normalized spacial score (nSPS) is 11.3. The van der Waals surface area contributed by atoms with Gasteiger partial charge in [0, 0.05) is 22.6 Å². The van der Waals surface area contributed by atoms with Crippen LogP contribution in [0.2, 0.25) is 0 Å². The van der Waals surface area contributed by atoms with Crippen LogP contribution < -0.4 is 12.4 Å². The highest BCUT2D eigenvalue weighted by molar-refractivity contribution is 8.13. The third-order valence-electron chi connectivity index (χ3n) is 8.45. The molecule has 0 saturated heterocycles. The van der Waals surface area contributed by atoms with Crippen molar-refractivity contribution in [1.29, 1.82) is 0 Å². The summed E-state index contributed by atoms with van der Waals surface area (Å²) in [5, 5.41) is 13.5. The molecule has 53 heavy (non-hydrogen) atoms. The summed E-state index contributed by atoms with van der Waals surface area (Å²) in [6.45, 7) is 4.38. The lowest BCUT2D eigenvalue weighted by atomic mass is 10.1. The van der Waals surface area contributed by atoms with Gasteiger partial charge in [0.15, 0.2) is 0 Å². The molecule has 6 aromatic rings. The minimum atomic E-state index is 0. The van der Waals surface area contributed by atoms with Gasteiger partial charge in [-0.1, -0.05) is 0 Å². The molecule has 0 radical (unpaired) electrons. The zero-order chi connectivity index (χ0) is 37.1. The van der Waals surface area contributed by atoms with E-state index in [1.807, 2.05) is 47.8 Å². The Kier molecular flexibility index (Phi) is 13.4. The van der Waals surface area contributed by atoms with Gasteiger partial charge in [-0.2, -0.15) is 10.2 Å². The number of rotatable bonds is 8. The molecule has 2 heterocycles. The van der Waals surface area contributed by atoms with E-state index in [0.29, 0.717) is 0 Å². The molecule has 0 aliphatic carbocycles. The molecule has 6 rings (SSSR count). The molecule has 0 saturated carbocycles. The summed E-state index contributed by atoms with van der Waals surface area (Å²) in [5.41, 5.74) is 11.1. The number of aromatic nitrogens is 2. The molecule has 8 nitrogen and oxygen atoms in total. The maximum atomic E-state index is 5.00. The quantitative estimate of drug-likeness (QED) is 0.0708. The van der Waals surface area contributed by atoms with Crippen LogP contribution in [-0.2, 0) is 11.5 Å². The van der Waals surface area contributed by atoms with Crippen molar-refractivity contribution in [1.82, 2.24) is 19.8 Å². The van der Waals surface area contributed by atoms with Crippen LogP contribution >= 0.6 is 46.2 Å². The largest absolute Gasteiger partial charge is 1.00 e. The number of fused-ring (bicyclic) bond motifs is 2. The highest BCUT2D eigenvalue weighted by Crippen LogP contribution is 2.36. The maximum Gasteiger partial charge on any atom is 0.307 e. The second-order valence-electron chi connectivity index (χ2n) is 13.5. The van der Waals surface area contributed by atoms with Crippen molar-refractivity contribution < 1.29 is 21.6 Å². The van der Waals surface area contributed by atoms with Crippen molar-refractivity contribution in [3.05, 3.63) is 95.1 Å². The number of benzene rings is 4. The number of halogens is 1. The summed E-state index contributed by atoms with van der Waals surface area (Å²) in [6.07, 6.45) is 0. The SMILES string of the molecule is Cc1cc2sc(-c3ccc(N=Nc4ccc(-c5nc6cc(CSC(N(C)C)=[N+](C)C)c(C)cc6s5)cc4)cc3)nc2cc1CSC(N(C)C)=[N+](C)C.[Cl-]. The first kappa shape index (κ1) is 40.4. The highest BCUT2D eigenvalue weighted by Gasteiger charge is 2.17. The molecular formula is C40H46ClN8S4+. The van der Waals surface area contributed by atoms with Crippen molar-refractivity contribution in [2.75, 3.05) is 56.4 Å². The Morgan fingerprint density at radius 3 is 1.28 bits per heavy atom. The third kappa shape index (κ3) is 9.66. The van der Waals surface area contributed by atoms with E-state index in [-0.39, 0.29) is 12.4 Å². The van der Waals surface area contributed by atoms with Gasteiger partial charge in [0.05, 0.1) is 88.2 Å². The van der Waals surface area contributed by atoms with Gasteiger partial charge in [-0.15, -0.1) is 22.7 Å². The molecule has 13 heteroatoms. The van der Waals surface area contributed by atoms with Gasteiger partial charge in [-0.25, -0.2) is 9.97 Å². The first-order valence-electron chi connectivity index (χ1n) is 17.0. The number of nitrogens with zero attached hydrogens (tertiary/aromatic N) is 8. The second kappa shape index (κ2) is 17.6. The molecule has 2 aromatic heterocycles. The first-order chi connectivity index (χ1) is 24.9. The Labute approximate surface area is 335 Å². The summed E-state index contributed by atoms with van der Waals surface area (Å²) >= 11 is 7.14. The summed E-state index contributed by atoms with van der Waals surface area (Å²) in [7, 11) is 16.7. The van der Waals surface area contributed by atoms with E-state index in [1.165, 1.54) is 42.0 Å². The summed E-state index contributed by atoms with van der Waals surface area (Å²) in [5.74, 6) is 1.80. The molecule has 0 unspecified atom stereocenters. The molecule has 0 bridgehead atoms. The first-order valence-corrected chi connectivity index (χ1v) is 20.6. The van der Waals surface area contributed by atoms with Gasteiger partial charge < -0.3 is 12.4 Å². The van der Waals surface area contributed by atoms with Crippen molar-refractivity contribution in [2.24, 2.45) is 10.2 Å². The van der Waals surface area contributed by atoms with Crippen LogP contribution in [0.15, 0.2) is 83.0 Å². The van der Waals surface area contributed by atoms with E-state index in [9.17, 15) is 0 Å². The highest BCUT2D eigenvalue weighted by atomic mass is 35.5. The molecule has 0 atom stereocenters. The third-order valence-corrected chi connectivity index (χ3v) is 13.5. The fourth-order valence-electron chi connectivity index (χ4n) is 5.85. The Hall–Kier alpha value is -3.81. The molecule has 0 N–H and O–H groups in total. The molecule has 0 aliphatic rings. The van der Waals surface area contributed by atoms with Crippen molar-refractivity contribution in [3.8, 4) is 21.1 Å². The minimum Gasteiger partial charge on any atom is -1.00 e. The average Bonchev–Trinajstić information content (AvgIpc) is 3.71. The fourth-order valence-corrected chi connectivity index (χ4v) is 10.2. The van der Waals surface area contributed by atoms with E-state index in [2.05, 4.69) is 148 Å². The lowest BCUT2D eigenvalue weighted by Crippen LogP contribution is -3.00. The van der Waals surface area contributed by atoms with Crippen molar-refractivity contribution >= 4 is 88.3 Å². The van der Waals surface area contributed by atoms with Gasteiger partial charge in [-0.3, -0.25) is 19.0 Å². The van der Waals surface area contributed by atoms with E-state index >= 15 is 0 Å². The molecule has 4 aromatic carbocycles. The van der Waals surface area contributed by atoms with Gasteiger partial charge in [0.1, 0.15) is 10.0 Å². The van der Waals surface area contributed by atoms with E-state index in [1.54, 1.807) is 22.7 Å². The van der Waals surface area contributed by atoms with Gasteiger partial charge in [0.2, 0.25) is 0 Å². The van der Waals surface area contributed by atoms with Crippen LogP contribution in [0.1, 0.15) is 22.3 Å². The predicted molar refractivity (Wildman–Crippen MR) is 228 cm³/mol. The maximum absolute atomic E-state index is 5.00. The molecule has 0 spiro atoms. The smallest absolute Gasteiger partial charge is 0.307 e. The number of amidine groups is 2. The molecule has 0 aliphatic heterocycles. The number of azo groups is 1. The Morgan fingerprint density at radius 2 is 0.962 bits per heavy atom. The van der Waals surface area contributed by atoms with Gasteiger partial charge in [-0.05, 0) is 132 Å². The van der Waals surface area contributed by atoms with Crippen LogP contribution in [0.4, 0.5) is 11.4 Å². The van der Waals surface area contributed by atoms with Crippen LogP contribution in [0.3, 0.4) is 0 Å². The molecule has 0 fully saturated rings. The Bertz CT molecular complexity index is 2150. The second-order valence-corrected chi connectivity index (χ2v) is 17.5. The molecule has 0 amide bonds. The van der Waals surface area contributed by atoms with E-state index in [0.717, 1.165) is 55.1 Å². The summed E-state index contributed by atoms with van der Waals surface area (Å²) < 4.78 is 6.73. The summed E-state index contributed by atoms with van der Waals surface area (Å²) in [6, 6.07) is 25.4. The van der Waals surface area contributed by atoms with Gasteiger partial charge >= 0.3 is 10.3 Å². The minimum absolute atomic E-state index is 0. The predicted octanol–water partition coefficient (Wildman–Crippen LogP) is 7.12. The van der Waals surface area contributed by atoms with Crippen LogP contribution in [-0.4, -0.2) is 95.6 Å². The van der Waals surface area contributed by atoms with Crippen LogP contribution in [0, 0.1) is 13.8 Å². The Morgan fingerprint density at radius 1 is 0.604 bits per heavy atom. The zero-order valence-electron chi connectivity index (χ0n) is 31.9. The standard InChI is InChI=1S/C40H46N8S4.ClH/c1-25-19-35-33(21-29(25)23-49-39(45(3)4)46(5)6)41-37(51-35)27-11-15-31(16-12-27)43-44-32-17-13-28(14-18-32)38-42-34-22-30(26(2)20-36(34)52-38)24-50-40(47(7)8)48(9)10;/h11-22H,23-24H2,1-10H3;1H/q+2;/p-1. The number of thioether (sulfide) groups is 2. The fraction of sp³-hybridized carbons (Fsp3) is 0.300. The van der Waals surface area contributed by atoms with E-state index in [4.69, 9.17) is 9.97 Å². The number of aryl methyl sites for hydroxylation is 2. The lowest BCUT2D eigenvalue weighted by Gasteiger charge is -2.11. The van der Waals surface area contributed by atoms with Crippen LogP contribution in [0.5, 0.6) is 0 Å². The zero-order valence-corrected chi connectivity index (χ0v) is 36.0. The summed E-state index contributed by atoms with van der Waals surface area (Å²) in [4.78, 5) is 14.3. The molecular weight excluding hydrogens is 756 g/mol. The van der Waals surface area contributed by atoms with Gasteiger partial charge in [0.25, 0.3) is 0 Å². The van der Waals surface area contributed by atoms with Crippen molar-refractivity contribution in [3.63, 3.8) is 0 Å².